The Hall–Kier alpha value is -5.37. The zero-order chi connectivity index (χ0) is 43.6. The lowest BCUT2D eigenvalue weighted by molar-refractivity contribution is 0.112. The minimum absolute atomic E-state index is 0. The molecule has 0 aliphatic heterocycles. The summed E-state index contributed by atoms with van der Waals surface area (Å²) in [5.41, 5.74) is 6.96. The van der Waals surface area contributed by atoms with Gasteiger partial charge < -0.3 is 19.3 Å². The number of ether oxygens (including phenoxy) is 2. The van der Waals surface area contributed by atoms with Crippen LogP contribution in [0.5, 0.6) is 11.5 Å². The van der Waals surface area contributed by atoms with Gasteiger partial charge in [-0.25, -0.2) is 0 Å². The number of unbranched alkanes of at least 4 members (excludes halogenated alkanes) is 4. The minimum atomic E-state index is 0. The van der Waals surface area contributed by atoms with Crippen molar-refractivity contribution in [1.82, 2.24) is 0 Å². The van der Waals surface area contributed by atoms with Gasteiger partial charge in [0.15, 0.2) is 6.29 Å². The maximum atomic E-state index is 11.0. The van der Waals surface area contributed by atoms with Gasteiger partial charge in [-0.1, -0.05) is 135 Å². The highest BCUT2D eigenvalue weighted by atomic mass is 32.1. The molecule has 5 nitrogen and oxygen atoms in total. The van der Waals surface area contributed by atoms with E-state index < -0.39 is 0 Å². The Bertz CT molecular complexity index is 2180. The molecule has 0 saturated carbocycles. The number of thiophene rings is 2. The van der Waals surface area contributed by atoms with Crippen molar-refractivity contribution in [3.63, 3.8) is 0 Å². The highest BCUT2D eigenvalue weighted by Crippen LogP contribution is 2.31. The molecule has 2 aromatic heterocycles. The van der Waals surface area contributed by atoms with Crippen LogP contribution in [0.15, 0.2) is 127 Å². The summed E-state index contributed by atoms with van der Waals surface area (Å²) in [4.78, 5) is 19.0. The average Bonchev–Trinajstić information content (AvgIpc) is 4.03. The van der Waals surface area contributed by atoms with Crippen molar-refractivity contribution in [2.75, 3.05) is 36.0 Å². The third-order valence-corrected chi connectivity index (χ3v) is 12.3. The largest absolute Gasteiger partial charge is 0.488 e. The average molecular weight is 899 g/mol. The van der Waals surface area contributed by atoms with Crippen LogP contribution in [0.1, 0.15) is 136 Å². The molecule has 0 atom stereocenters. The molecule has 0 unspecified atom stereocenters. The van der Waals surface area contributed by atoms with Gasteiger partial charge in [0.1, 0.15) is 24.7 Å². The van der Waals surface area contributed by atoms with Gasteiger partial charge in [0.05, 0.1) is 4.88 Å². The van der Waals surface area contributed by atoms with E-state index in [0.717, 1.165) is 70.4 Å². The molecule has 7 heteroatoms. The van der Waals surface area contributed by atoms with Crippen molar-refractivity contribution in [1.29, 1.82) is 0 Å². The van der Waals surface area contributed by atoms with E-state index in [0.29, 0.717) is 13.2 Å². The first-order valence-corrected chi connectivity index (χ1v) is 24.3. The van der Waals surface area contributed by atoms with Gasteiger partial charge >= 0.3 is 0 Å². The summed E-state index contributed by atoms with van der Waals surface area (Å²) in [5, 5.41) is 2.11. The van der Waals surface area contributed by atoms with E-state index in [1.165, 1.54) is 84.5 Å². The number of hydrogen-bond acceptors (Lipinski definition) is 7. The van der Waals surface area contributed by atoms with E-state index in [1.807, 2.05) is 42.5 Å². The Balaban J connectivity index is 0.000000331. The molecular weight excluding hydrogens is 825 g/mol. The zero-order valence-corrected chi connectivity index (χ0v) is 39.0. The van der Waals surface area contributed by atoms with Crippen LogP contribution in [0, 0.1) is 0 Å². The Morgan fingerprint density at radius 1 is 0.484 bits per heavy atom. The van der Waals surface area contributed by atoms with E-state index in [1.54, 1.807) is 11.3 Å². The molecule has 6 rings (SSSR count). The molecule has 0 amide bonds. The molecule has 4 aromatic carbocycles. The lowest BCUT2D eigenvalue weighted by Gasteiger charge is -2.25. The van der Waals surface area contributed by atoms with Gasteiger partial charge in [0, 0.05) is 70.6 Å². The maximum Gasteiger partial charge on any atom is 0.160 e. The third kappa shape index (κ3) is 18.0. The summed E-state index contributed by atoms with van der Waals surface area (Å²) in [7, 11) is 0. The molecule has 64 heavy (non-hydrogen) atoms. The highest BCUT2D eigenvalue weighted by Gasteiger charge is 2.12. The van der Waals surface area contributed by atoms with Crippen molar-refractivity contribution in [2.24, 2.45) is 0 Å². The quantitative estimate of drug-likeness (QED) is 0.0536. The van der Waals surface area contributed by atoms with Gasteiger partial charge in [-0.3, -0.25) is 4.79 Å². The molecule has 0 fully saturated rings. The summed E-state index contributed by atoms with van der Waals surface area (Å²) in [6, 6.07) is 41.9. The summed E-state index contributed by atoms with van der Waals surface area (Å²) >= 11 is 3.24. The van der Waals surface area contributed by atoms with Crippen LogP contribution in [-0.2, 0) is 13.2 Å². The number of carbonyl (C=O) groups is 1. The molecule has 0 saturated heterocycles. The monoisotopic (exact) mass is 899 g/mol. The predicted octanol–water partition coefficient (Wildman–Crippen LogP) is 16.9. The fraction of sp³-hybridized carbons (Fsp3) is 0.351. The Labute approximate surface area is 395 Å². The van der Waals surface area contributed by atoms with Crippen molar-refractivity contribution in [2.45, 2.75) is 107 Å². The summed E-state index contributed by atoms with van der Waals surface area (Å²) in [5.74, 6) is 1.83. The maximum absolute atomic E-state index is 11.0. The van der Waals surface area contributed by atoms with Crippen LogP contribution in [0.25, 0.3) is 24.3 Å². The number of benzene rings is 4. The molecule has 0 aliphatic carbocycles. The molecule has 0 aliphatic rings. The van der Waals surface area contributed by atoms with E-state index >= 15 is 0 Å². The van der Waals surface area contributed by atoms with Crippen molar-refractivity contribution in [3.05, 3.63) is 164 Å². The Morgan fingerprint density at radius 2 is 0.922 bits per heavy atom. The molecular formula is C57H74N2O3S2. The first-order valence-electron chi connectivity index (χ1n) is 22.6. The number of carbonyl (C=O) groups excluding carboxylic acids is 1. The zero-order valence-electron chi connectivity index (χ0n) is 37.3. The second-order valence-corrected chi connectivity index (χ2v) is 17.5. The SMILES string of the molecule is C.C.CCCCN(CCCC)c1ccc(/C=C/c2ccc(C=O)s2)c(OCc2ccccc2)c1.CCCCN(CCCC)c1ccc(C=Cc2cccs2)c(OCc2ccccc2)c1. The predicted molar refractivity (Wildman–Crippen MR) is 284 cm³/mol. The number of hydrogen-bond donors (Lipinski definition) is 0. The lowest BCUT2D eigenvalue weighted by Crippen LogP contribution is -2.25. The van der Waals surface area contributed by atoms with Gasteiger partial charge in [-0.05, 0) is 109 Å². The summed E-state index contributed by atoms with van der Waals surface area (Å²) in [6.45, 7) is 14.4. The van der Waals surface area contributed by atoms with Crippen molar-refractivity contribution in [3.8, 4) is 11.5 Å². The van der Waals surface area contributed by atoms with Crippen LogP contribution in [0.2, 0.25) is 0 Å². The van der Waals surface area contributed by atoms with Crippen LogP contribution < -0.4 is 19.3 Å². The van der Waals surface area contributed by atoms with Gasteiger partial charge in [0.25, 0.3) is 0 Å². The molecule has 342 valence electrons. The number of anilines is 2. The molecule has 0 bridgehead atoms. The molecule has 6 aromatic rings. The van der Waals surface area contributed by atoms with E-state index in [2.05, 4.69) is 146 Å². The lowest BCUT2D eigenvalue weighted by atomic mass is 10.1. The van der Waals surface area contributed by atoms with Crippen molar-refractivity contribution >= 4 is 64.6 Å². The van der Waals surface area contributed by atoms with Crippen LogP contribution in [-0.4, -0.2) is 32.5 Å². The second-order valence-electron chi connectivity index (χ2n) is 15.4. The number of nitrogens with zero attached hydrogens (tertiary/aromatic N) is 2. The van der Waals surface area contributed by atoms with Gasteiger partial charge in [-0.2, -0.15) is 0 Å². The fourth-order valence-corrected chi connectivity index (χ4v) is 8.17. The molecule has 0 radical (unpaired) electrons. The number of rotatable bonds is 25. The first kappa shape index (κ1) is 53.0. The van der Waals surface area contributed by atoms with E-state index in [4.69, 9.17) is 9.47 Å². The number of aldehydes is 1. The standard InChI is InChI=1S/C28H33NO2S.C27H33NOS.2CH4/c1-3-5-18-29(19-6-4-2)25-14-12-24(13-15-26-16-17-27(21-30)32-26)28(20-25)31-22-23-10-8-7-9-11-23;1-3-5-18-28(19-6-4-2)25-16-14-24(15-17-26-13-10-20-30-26)27(21-25)29-22-23-11-8-7-9-12-23;;/h7-17,20-21H,3-6,18-19,22H2,1-2H3;7-17,20-21H,3-6,18-19,22H2,1-2H3;2*1H4/b15-13+;;;. The van der Waals surface area contributed by atoms with Crippen LogP contribution in [0.4, 0.5) is 11.4 Å². The summed E-state index contributed by atoms with van der Waals surface area (Å²) in [6.07, 6.45) is 18.9. The first-order chi connectivity index (χ1) is 30.5. The van der Waals surface area contributed by atoms with Gasteiger partial charge in [0.2, 0.25) is 0 Å². The Kier molecular flexibility index (Phi) is 25.4. The normalized spacial score (nSPS) is 10.8. The topological polar surface area (TPSA) is 42.0 Å². The molecule has 0 N–H and O–H groups in total. The summed E-state index contributed by atoms with van der Waals surface area (Å²) < 4.78 is 12.6. The van der Waals surface area contributed by atoms with Crippen LogP contribution in [0.3, 0.4) is 0 Å². The minimum Gasteiger partial charge on any atom is -0.488 e. The Morgan fingerprint density at radius 3 is 1.31 bits per heavy atom. The smallest absolute Gasteiger partial charge is 0.160 e. The van der Waals surface area contributed by atoms with Crippen molar-refractivity contribution < 1.29 is 14.3 Å². The highest BCUT2D eigenvalue weighted by molar-refractivity contribution is 7.14. The fourth-order valence-electron chi connectivity index (χ4n) is 6.82. The molecule has 2 heterocycles. The third-order valence-electron chi connectivity index (χ3n) is 10.5. The van der Waals surface area contributed by atoms with Gasteiger partial charge in [-0.15, -0.1) is 22.7 Å². The molecule has 0 spiro atoms. The van der Waals surface area contributed by atoms with E-state index in [-0.39, 0.29) is 14.9 Å². The van der Waals surface area contributed by atoms with Crippen LogP contribution >= 0.6 is 22.7 Å². The second kappa shape index (κ2) is 30.7. The van der Waals surface area contributed by atoms with E-state index in [9.17, 15) is 4.79 Å².